The van der Waals surface area contributed by atoms with Crippen molar-refractivity contribution in [3.8, 4) is 11.8 Å². The maximum atomic E-state index is 13.3. The SMILES string of the molecule is CCOc1ccccc1N1CSC2=C(C#N)C(c3ccc(F)cc3)CC(=O)N2C1. The number of hydrogen-bond donors (Lipinski definition) is 0. The van der Waals surface area contributed by atoms with Gasteiger partial charge in [-0.15, -0.1) is 0 Å². The standard InChI is InChI=1S/C22H20FN3O2S/c1-2-28-20-6-4-3-5-19(20)25-13-26-21(27)11-17(15-7-9-16(23)10-8-15)18(12-24)22(26)29-14-25/h3-10,17H,2,11,13-14H2,1H3. The summed E-state index contributed by atoms with van der Waals surface area (Å²) in [6.07, 6.45) is 0.194. The van der Waals surface area contributed by atoms with Gasteiger partial charge in [0.25, 0.3) is 0 Å². The first-order valence-electron chi connectivity index (χ1n) is 9.42. The first-order valence-corrected chi connectivity index (χ1v) is 10.4. The van der Waals surface area contributed by atoms with E-state index in [0.717, 1.165) is 17.0 Å². The van der Waals surface area contributed by atoms with Gasteiger partial charge in [0.2, 0.25) is 5.91 Å². The minimum absolute atomic E-state index is 0.0422. The van der Waals surface area contributed by atoms with Gasteiger partial charge < -0.3 is 9.64 Å². The molecule has 148 valence electrons. The second-order valence-electron chi connectivity index (χ2n) is 6.82. The smallest absolute Gasteiger partial charge is 0.229 e. The lowest BCUT2D eigenvalue weighted by Gasteiger charge is -2.42. The number of fused-ring (bicyclic) bond motifs is 1. The van der Waals surface area contributed by atoms with Crippen LogP contribution in [0.5, 0.6) is 5.75 Å². The molecule has 1 amide bonds. The molecule has 4 rings (SSSR count). The first-order chi connectivity index (χ1) is 14.1. The number of amides is 1. The van der Waals surface area contributed by atoms with Crippen molar-refractivity contribution >= 4 is 23.4 Å². The fourth-order valence-corrected chi connectivity index (χ4v) is 4.85. The van der Waals surface area contributed by atoms with Crippen LogP contribution in [0.2, 0.25) is 0 Å². The molecule has 29 heavy (non-hydrogen) atoms. The zero-order chi connectivity index (χ0) is 20.4. The van der Waals surface area contributed by atoms with Crippen LogP contribution in [0.15, 0.2) is 59.1 Å². The Kier molecular flexibility index (Phi) is 5.45. The maximum absolute atomic E-state index is 13.3. The number of halogens is 1. The first kappa shape index (κ1) is 19.3. The van der Waals surface area contributed by atoms with Crippen LogP contribution in [0, 0.1) is 17.1 Å². The number of anilines is 1. The van der Waals surface area contributed by atoms with E-state index in [-0.39, 0.29) is 24.1 Å². The van der Waals surface area contributed by atoms with Gasteiger partial charge in [-0.25, -0.2) is 4.39 Å². The molecule has 7 heteroatoms. The van der Waals surface area contributed by atoms with Crippen LogP contribution in [-0.2, 0) is 4.79 Å². The normalized spacial score (nSPS) is 19.1. The summed E-state index contributed by atoms with van der Waals surface area (Å²) in [5.41, 5.74) is 2.28. The number of nitriles is 1. The molecular formula is C22H20FN3O2S. The molecule has 5 nitrogen and oxygen atoms in total. The van der Waals surface area contributed by atoms with Crippen molar-refractivity contribution in [2.75, 3.05) is 24.1 Å². The average Bonchev–Trinajstić information content (AvgIpc) is 2.75. The van der Waals surface area contributed by atoms with Crippen LogP contribution in [0.1, 0.15) is 24.8 Å². The number of benzene rings is 2. The summed E-state index contributed by atoms with van der Waals surface area (Å²) in [7, 11) is 0. The number of carbonyl (C=O) groups is 1. The molecule has 1 fully saturated rings. The Morgan fingerprint density at radius 3 is 2.72 bits per heavy atom. The molecule has 2 aromatic carbocycles. The van der Waals surface area contributed by atoms with Gasteiger partial charge in [-0.3, -0.25) is 9.69 Å². The summed E-state index contributed by atoms with van der Waals surface area (Å²) in [6, 6.07) is 16.1. The van der Waals surface area contributed by atoms with Crippen molar-refractivity contribution in [2.45, 2.75) is 19.3 Å². The van der Waals surface area contributed by atoms with Crippen molar-refractivity contribution in [3.63, 3.8) is 0 Å². The summed E-state index contributed by atoms with van der Waals surface area (Å²) in [5.74, 6) is 0.662. The quantitative estimate of drug-likeness (QED) is 0.747. The van der Waals surface area contributed by atoms with E-state index in [2.05, 4.69) is 11.0 Å². The van der Waals surface area contributed by atoms with Crippen LogP contribution in [0.4, 0.5) is 10.1 Å². The minimum Gasteiger partial charge on any atom is -0.492 e. The third-order valence-corrected chi connectivity index (χ3v) is 6.23. The minimum atomic E-state index is -0.339. The molecule has 0 aromatic heterocycles. The van der Waals surface area contributed by atoms with E-state index in [1.54, 1.807) is 17.0 Å². The zero-order valence-electron chi connectivity index (χ0n) is 16.0. The predicted molar refractivity (Wildman–Crippen MR) is 111 cm³/mol. The topological polar surface area (TPSA) is 56.6 Å². The predicted octanol–water partition coefficient (Wildman–Crippen LogP) is 4.44. The van der Waals surface area contributed by atoms with Crippen LogP contribution < -0.4 is 9.64 Å². The van der Waals surface area contributed by atoms with E-state index in [1.807, 2.05) is 31.2 Å². The van der Waals surface area contributed by atoms with Gasteiger partial charge in [0.1, 0.15) is 11.6 Å². The van der Waals surface area contributed by atoms with E-state index >= 15 is 0 Å². The highest BCUT2D eigenvalue weighted by Crippen LogP contribution is 2.44. The van der Waals surface area contributed by atoms with E-state index in [4.69, 9.17) is 4.74 Å². The van der Waals surface area contributed by atoms with E-state index in [0.29, 0.717) is 29.8 Å². The molecule has 0 aliphatic carbocycles. The van der Waals surface area contributed by atoms with E-state index in [1.165, 1.54) is 23.9 Å². The molecule has 0 radical (unpaired) electrons. The third kappa shape index (κ3) is 3.68. The number of nitrogens with zero attached hydrogens (tertiary/aromatic N) is 3. The van der Waals surface area contributed by atoms with Gasteiger partial charge in [-0.05, 0) is 36.8 Å². The van der Waals surface area contributed by atoms with Gasteiger partial charge in [0, 0.05) is 12.3 Å². The Morgan fingerprint density at radius 1 is 1.24 bits per heavy atom. The Labute approximate surface area is 173 Å². The highest BCUT2D eigenvalue weighted by Gasteiger charge is 2.38. The van der Waals surface area contributed by atoms with Crippen LogP contribution in [0.25, 0.3) is 0 Å². The van der Waals surface area contributed by atoms with Crippen molar-refractivity contribution in [1.29, 1.82) is 5.26 Å². The molecule has 0 saturated carbocycles. The average molecular weight is 409 g/mol. The van der Waals surface area contributed by atoms with Gasteiger partial charge in [-0.1, -0.05) is 36.0 Å². The lowest BCUT2D eigenvalue weighted by atomic mass is 9.86. The lowest BCUT2D eigenvalue weighted by Crippen LogP contribution is -2.47. The van der Waals surface area contributed by atoms with Crippen molar-refractivity contribution in [3.05, 3.63) is 70.5 Å². The number of rotatable bonds is 4. The van der Waals surface area contributed by atoms with Gasteiger partial charge in [-0.2, -0.15) is 5.26 Å². The number of ether oxygens (including phenoxy) is 1. The Morgan fingerprint density at radius 2 is 2.00 bits per heavy atom. The summed E-state index contributed by atoms with van der Waals surface area (Å²) in [6.45, 7) is 2.86. The summed E-state index contributed by atoms with van der Waals surface area (Å²) >= 11 is 1.47. The Balaban J connectivity index is 1.65. The molecule has 1 saturated heterocycles. The van der Waals surface area contributed by atoms with Crippen molar-refractivity contribution < 1.29 is 13.9 Å². The number of hydrogen-bond acceptors (Lipinski definition) is 5. The third-order valence-electron chi connectivity index (χ3n) is 5.07. The van der Waals surface area contributed by atoms with Crippen molar-refractivity contribution in [1.82, 2.24) is 4.90 Å². The molecule has 0 spiro atoms. The second kappa shape index (κ2) is 8.18. The van der Waals surface area contributed by atoms with Crippen LogP contribution >= 0.6 is 11.8 Å². The Hall–Kier alpha value is -2.98. The summed E-state index contributed by atoms with van der Waals surface area (Å²) < 4.78 is 19.0. The number of carbonyl (C=O) groups excluding carboxylic acids is 1. The van der Waals surface area contributed by atoms with Crippen molar-refractivity contribution in [2.24, 2.45) is 0 Å². The second-order valence-corrected chi connectivity index (χ2v) is 7.75. The monoisotopic (exact) mass is 409 g/mol. The Bertz CT molecular complexity index is 1000. The van der Waals surface area contributed by atoms with Gasteiger partial charge >= 0.3 is 0 Å². The lowest BCUT2D eigenvalue weighted by molar-refractivity contribution is -0.129. The molecule has 2 aliphatic rings. The van der Waals surface area contributed by atoms with Crippen LogP contribution in [-0.4, -0.2) is 30.0 Å². The molecule has 2 heterocycles. The number of thioether (sulfide) groups is 1. The summed E-state index contributed by atoms with van der Waals surface area (Å²) in [4.78, 5) is 16.7. The largest absolute Gasteiger partial charge is 0.492 e. The highest BCUT2D eigenvalue weighted by molar-refractivity contribution is 8.03. The fraction of sp³-hybridized carbons (Fsp3) is 0.273. The van der Waals surface area contributed by atoms with E-state index < -0.39 is 0 Å². The molecule has 0 N–H and O–H groups in total. The maximum Gasteiger partial charge on any atom is 0.229 e. The molecule has 1 atom stereocenters. The van der Waals surface area contributed by atoms with Crippen LogP contribution in [0.3, 0.4) is 0 Å². The van der Waals surface area contributed by atoms with Gasteiger partial charge in [0.05, 0.1) is 41.5 Å². The molecule has 2 aromatic rings. The summed E-state index contributed by atoms with van der Waals surface area (Å²) in [5, 5.41) is 10.5. The zero-order valence-corrected chi connectivity index (χ0v) is 16.8. The van der Waals surface area contributed by atoms with E-state index in [9.17, 15) is 14.4 Å². The molecular weight excluding hydrogens is 389 g/mol. The number of para-hydroxylation sites is 2. The molecule has 0 bridgehead atoms. The molecule has 1 unspecified atom stereocenters. The molecule has 2 aliphatic heterocycles. The van der Waals surface area contributed by atoms with Gasteiger partial charge in [0.15, 0.2) is 0 Å². The highest BCUT2D eigenvalue weighted by atomic mass is 32.2. The fourth-order valence-electron chi connectivity index (χ4n) is 3.69. The number of allylic oxidation sites excluding steroid dienone is 1.